The Kier molecular flexibility index (Phi) is 8.94. The van der Waals surface area contributed by atoms with E-state index in [1.54, 1.807) is 0 Å². The third-order valence-electron chi connectivity index (χ3n) is 3.76. The van der Waals surface area contributed by atoms with Crippen molar-refractivity contribution in [1.82, 2.24) is 14.9 Å². The highest BCUT2D eigenvalue weighted by atomic mass is 35.5. The van der Waals surface area contributed by atoms with Gasteiger partial charge in [-0.15, -0.1) is 24.8 Å². The van der Waals surface area contributed by atoms with Crippen molar-refractivity contribution in [2.45, 2.75) is 51.0 Å². The molecule has 5 nitrogen and oxygen atoms in total. The number of amides is 1. The number of imidazole rings is 1. The Bertz CT molecular complexity index is 496. The van der Waals surface area contributed by atoms with Crippen molar-refractivity contribution in [2.24, 2.45) is 11.7 Å². The molecule has 134 valence electrons. The molecule has 1 heterocycles. The second-order valence-electron chi connectivity index (χ2n) is 5.42. The van der Waals surface area contributed by atoms with Crippen LogP contribution in [-0.4, -0.2) is 27.7 Å². The standard InChI is InChI=1S/C13H19F3N4O.2ClH/c14-13(15,16)8-20-5-4-18-11(20)7-19-12(21)6-9-2-1-3-10(9)17;;/h4-5,9-10H,1-3,6-8,17H2,(H,19,21);2*1H/t9-,10+;;/m0../s1. The molecule has 0 unspecified atom stereocenters. The number of nitrogens with zero attached hydrogens (tertiary/aromatic N) is 2. The van der Waals surface area contributed by atoms with Crippen LogP contribution in [-0.2, 0) is 17.9 Å². The number of nitrogens with two attached hydrogens (primary N) is 1. The van der Waals surface area contributed by atoms with Crippen LogP contribution in [0.25, 0.3) is 0 Å². The zero-order chi connectivity index (χ0) is 15.5. The molecule has 0 aliphatic heterocycles. The van der Waals surface area contributed by atoms with E-state index in [1.807, 2.05) is 0 Å². The van der Waals surface area contributed by atoms with E-state index in [9.17, 15) is 18.0 Å². The van der Waals surface area contributed by atoms with Gasteiger partial charge in [0.2, 0.25) is 5.91 Å². The molecular weight excluding hydrogens is 356 g/mol. The third-order valence-corrected chi connectivity index (χ3v) is 3.76. The molecule has 2 rings (SSSR count). The first-order valence-electron chi connectivity index (χ1n) is 6.94. The van der Waals surface area contributed by atoms with Crippen LogP contribution in [0, 0.1) is 5.92 Å². The van der Waals surface area contributed by atoms with Crippen LogP contribution in [0.5, 0.6) is 0 Å². The molecular formula is C13H21Cl2F3N4O. The molecule has 3 N–H and O–H groups in total. The first kappa shape index (κ1) is 22.0. The van der Waals surface area contributed by atoms with Crippen LogP contribution < -0.4 is 11.1 Å². The van der Waals surface area contributed by atoms with Crippen molar-refractivity contribution in [3.63, 3.8) is 0 Å². The molecule has 1 aromatic rings. The Morgan fingerprint density at radius 1 is 1.39 bits per heavy atom. The summed E-state index contributed by atoms with van der Waals surface area (Å²) in [6.07, 6.45) is 1.43. The molecule has 0 saturated heterocycles. The zero-order valence-corrected chi connectivity index (χ0v) is 14.0. The minimum atomic E-state index is -4.31. The van der Waals surface area contributed by atoms with Gasteiger partial charge < -0.3 is 15.6 Å². The van der Waals surface area contributed by atoms with Crippen molar-refractivity contribution in [3.05, 3.63) is 18.2 Å². The highest BCUT2D eigenvalue weighted by Crippen LogP contribution is 2.26. The zero-order valence-electron chi connectivity index (χ0n) is 12.4. The predicted octanol–water partition coefficient (Wildman–Crippen LogP) is 2.42. The van der Waals surface area contributed by atoms with Crippen LogP contribution in [0.4, 0.5) is 13.2 Å². The average Bonchev–Trinajstić information content (AvgIpc) is 2.95. The van der Waals surface area contributed by atoms with Gasteiger partial charge in [0.1, 0.15) is 12.4 Å². The van der Waals surface area contributed by atoms with Gasteiger partial charge in [-0.05, 0) is 18.8 Å². The molecule has 1 aliphatic carbocycles. The summed E-state index contributed by atoms with van der Waals surface area (Å²) in [4.78, 5) is 15.7. The van der Waals surface area contributed by atoms with Crippen molar-refractivity contribution >= 4 is 30.7 Å². The molecule has 0 bridgehead atoms. The maximum absolute atomic E-state index is 12.4. The maximum Gasteiger partial charge on any atom is 0.406 e. The van der Waals surface area contributed by atoms with Crippen LogP contribution in [0.15, 0.2) is 12.4 Å². The number of nitrogens with one attached hydrogen (secondary N) is 1. The normalized spacial score (nSPS) is 20.5. The molecule has 1 aliphatic rings. The lowest BCUT2D eigenvalue weighted by atomic mass is 10.00. The molecule has 1 aromatic heterocycles. The number of alkyl halides is 3. The van der Waals surface area contributed by atoms with Gasteiger partial charge in [-0.3, -0.25) is 4.79 Å². The Morgan fingerprint density at radius 3 is 2.65 bits per heavy atom. The molecule has 10 heteroatoms. The minimum absolute atomic E-state index is 0. The van der Waals surface area contributed by atoms with E-state index in [-0.39, 0.29) is 55.1 Å². The summed E-state index contributed by atoms with van der Waals surface area (Å²) in [5, 5.41) is 2.61. The smallest absolute Gasteiger partial charge is 0.349 e. The summed E-state index contributed by atoms with van der Waals surface area (Å²) in [6.45, 7) is -1.12. The molecule has 23 heavy (non-hydrogen) atoms. The minimum Gasteiger partial charge on any atom is -0.349 e. The predicted molar refractivity (Wildman–Crippen MR) is 84.6 cm³/mol. The van der Waals surface area contributed by atoms with Gasteiger partial charge in [-0.2, -0.15) is 13.2 Å². The Balaban J connectivity index is 0.00000242. The average molecular weight is 377 g/mol. The largest absolute Gasteiger partial charge is 0.406 e. The Morgan fingerprint density at radius 2 is 2.09 bits per heavy atom. The lowest BCUT2D eigenvalue weighted by Gasteiger charge is -2.15. The number of aromatic nitrogens is 2. The summed E-state index contributed by atoms with van der Waals surface area (Å²) in [5.41, 5.74) is 5.89. The molecule has 0 aromatic carbocycles. The molecule has 1 amide bonds. The van der Waals surface area contributed by atoms with Crippen molar-refractivity contribution in [3.8, 4) is 0 Å². The summed E-state index contributed by atoms with van der Waals surface area (Å²) in [6, 6.07) is 0.0444. The molecule has 1 fully saturated rings. The van der Waals surface area contributed by atoms with Crippen LogP contribution >= 0.6 is 24.8 Å². The number of hydrogen-bond acceptors (Lipinski definition) is 3. The van der Waals surface area contributed by atoms with Crippen LogP contribution in [0.1, 0.15) is 31.5 Å². The van der Waals surface area contributed by atoms with Crippen molar-refractivity contribution in [1.29, 1.82) is 0 Å². The van der Waals surface area contributed by atoms with E-state index >= 15 is 0 Å². The lowest BCUT2D eigenvalue weighted by molar-refractivity contribution is -0.141. The Hall–Kier alpha value is -0.990. The first-order valence-corrected chi connectivity index (χ1v) is 6.94. The number of carbonyl (C=O) groups is 1. The van der Waals surface area contributed by atoms with E-state index in [1.165, 1.54) is 12.4 Å². The molecule has 0 spiro atoms. The third kappa shape index (κ3) is 6.97. The summed E-state index contributed by atoms with van der Waals surface area (Å²) < 4.78 is 38.1. The number of carbonyl (C=O) groups excluding carboxylic acids is 1. The quantitative estimate of drug-likeness (QED) is 0.828. The van der Waals surface area contributed by atoms with Gasteiger partial charge in [0.05, 0.1) is 6.54 Å². The summed E-state index contributed by atoms with van der Waals surface area (Å²) >= 11 is 0. The topological polar surface area (TPSA) is 72.9 Å². The second-order valence-corrected chi connectivity index (χ2v) is 5.42. The van der Waals surface area contributed by atoms with Gasteiger partial charge in [-0.25, -0.2) is 4.98 Å². The van der Waals surface area contributed by atoms with Gasteiger partial charge in [0, 0.05) is 24.9 Å². The fraction of sp³-hybridized carbons (Fsp3) is 0.692. The highest BCUT2D eigenvalue weighted by molar-refractivity contribution is 5.85. The van der Waals surface area contributed by atoms with Gasteiger partial charge in [0.25, 0.3) is 0 Å². The monoisotopic (exact) mass is 376 g/mol. The van der Waals surface area contributed by atoms with E-state index in [2.05, 4.69) is 10.3 Å². The highest BCUT2D eigenvalue weighted by Gasteiger charge is 2.29. The molecule has 0 radical (unpaired) electrons. The molecule has 2 atom stereocenters. The first-order chi connectivity index (χ1) is 9.85. The van der Waals surface area contributed by atoms with Crippen molar-refractivity contribution < 1.29 is 18.0 Å². The number of hydrogen-bond donors (Lipinski definition) is 2. The lowest BCUT2D eigenvalue weighted by Crippen LogP contribution is -2.32. The van der Waals surface area contributed by atoms with Crippen LogP contribution in [0.3, 0.4) is 0 Å². The van der Waals surface area contributed by atoms with Gasteiger partial charge in [-0.1, -0.05) is 6.42 Å². The molecule has 1 saturated carbocycles. The summed E-state index contributed by atoms with van der Waals surface area (Å²) in [5.74, 6) is 0.162. The maximum atomic E-state index is 12.4. The number of halogens is 5. The number of rotatable bonds is 5. The van der Waals surface area contributed by atoms with Crippen molar-refractivity contribution in [2.75, 3.05) is 0 Å². The Labute approximate surface area is 145 Å². The fourth-order valence-corrected chi connectivity index (χ4v) is 2.65. The van der Waals surface area contributed by atoms with E-state index < -0.39 is 12.7 Å². The van der Waals surface area contributed by atoms with E-state index in [4.69, 9.17) is 5.73 Å². The van der Waals surface area contributed by atoms with Crippen LogP contribution in [0.2, 0.25) is 0 Å². The van der Waals surface area contributed by atoms with Gasteiger partial charge in [0.15, 0.2) is 0 Å². The van der Waals surface area contributed by atoms with E-state index in [0.29, 0.717) is 6.42 Å². The SMILES string of the molecule is Cl.Cl.N[C@@H]1CCC[C@H]1CC(=O)NCc1nccn1CC(F)(F)F. The van der Waals surface area contributed by atoms with Gasteiger partial charge >= 0.3 is 6.18 Å². The fourth-order valence-electron chi connectivity index (χ4n) is 2.65. The second kappa shape index (κ2) is 9.34. The summed E-state index contributed by atoms with van der Waals surface area (Å²) in [7, 11) is 0. The van der Waals surface area contributed by atoms with E-state index in [0.717, 1.165) is 23.8 Å².